The molecule has 0 heterocycles. The van der Waals surface area contributed by atoms with Gasteiger partial charge in [0.1, 0.15) is 0 Å². The van der Waals surface area contributed by atoms with Crippen LogP contribution < -0.4 is 0 Å². The highest BCUT2D eigenvalue weighted by molar-refractivity contribution is 5.57. The van der Waals surface area contributed by atoms with E-state index in [-0.39, 0.29) is 0 Å². The van der Waals surface area contributed by atoms with Gasteiger partial charge >= 0.3 is 6.16 Å². The molecule has 104 valence electrons. The van der Waals surface area contributed by atoms with Gasteiger partial charge in [0.05, 0.1) is 6.26 Å². The fraction of sp³-hybridized carbons (Fsp3) is 0.667. The first-order valence-electron chi connectivity index (χ1n) is 6.60. The highest BCUT2D eigenvalue weighted by atomic mass is 16.7. The number of rotatable bonds is 8. The molecule has 0 aromatic rings. The molecule has 0 saturated heterocycles. The highest BCUT2D eigenvalue weighted by Gasteiger charge is 2.02. The molecule has 18 heavy (non-hydrogen) atoms. The van der Waals surface area contributed by atoms with Crippen molar-refractivity contribution in [1.82, 2.24) is 0 Å². The Hall–Kier alpha value is -1.25. The second-order valence-electron chi connectivity index (χ2n) is 5.20. The summed E-state index contributed by atoms with van der Waals surface area (Å²) in [5.74, 6) is 0.716. The van der Waals surface area contributed by atoms with Crippen molar-refractivity contribution in [2.24, 2.45) is 5.92 Å². The zero-order valence-corrected chi connectivity index (χ0v) is 12.0. The van der Waals surface area contributed by atoms with Crippen LogP contribution in [0.2, 0.25) is 0 Å². The molecule has 0 bridgehead atoms. The Kier molecular flexibility index (Phi) is 9.07. The third-order valence-corrected chi connectivity index (χ3v) is 2.84. The lowest BCUT2D eigenvalue weighted by molar-refractivity contribution is 0.127. The average molecular weight is 254 g/mol. The lowest BCUT2D eigenvalue weighted by atomic mass is 9.97. The fourth-order valence-electron chi connectivity index (χ4n) is 1.74. The Bertz CT molecular complexity index is 299. The molecular weight excluding hydrogens is 228 g/mol. The summed E-state index contributed by atoms with van der Waals surface area (Å²) >= 11 is 0. The smallest absolute Gasteiger partial charge is 0.449 e. The van der Waals surface area contributed by atoms with Gasteiger partial charge in [-0.05, 0) is 57.9 Å². The Morgan fingerprint density at radius 2 is 1.94 bits per heavy atom. The van der Waals surface area contributed by atoms with Crippen LogP contribution in [0.25, 0.3) is 0 Å². The quantitative estimate of drug-likeness (QED) is 0.370. The van der Waals surface area contributed by atoms with Crippen LogP contribution in [0.5, 0.6) is 0 Å². The Labute approximate surface area is 111 Å². The molecule has 0 amide bonds. The summed E-state index contributed by atoms with van der Waals surface area (Å²) in [7, 11) is 0. The zero-order chi connectivity index (χ0) is 14.0. The Morgan fingerprint density at radius 3 is 2.50 bits per heavy atom. The van der Waals surface area contributed by atoms with Crippen molar-refractivity contribution in [1.29, 1.82) is 0 Å². The minimum Gasteiger partial charge on any atom is -0.449 e. The predicted octanol–water partition coefficient (Wildman–Crippen LogP) is 5.14. The van der Waals surface area contributed by atoms with Crippen molar-refractivity contribution in [3.63, 3.8) is 0 Å². The maximum Gasteiger partial charge on any atom is 0.510 e. The minimum absolute atomic E-state index is 0.716. The largest absolute Gasteiger partial charge is 0.510 e. The van der Waals surface area contributed by atoms with Gasteiger partial charge in [0.25, 0.3) is 0 Å². The highest BCUT2D eigenvalue weighted by Crippen LogP contribution is 2.17. The molecule has 1 atom stereocenters. The van der Waals surface area contributed by atoms with Crippen LogP contribution in [0.4, 0.5) is 4.79 Å². The van der Waals surface area contributed by atoms with E-state index in [1.54, 1.807) is 0 Å². The molecule has 0 spiro atoms. The summed E-state index contributed by atoms with van der Waals surface area (Å²) in [5, 5.41) is 8.35. The third-order valence-electron chi connectivity index (χ3n) is 2.84. The molecular formula is C15H26O3. The molecule has 0 rings (SSSR count). The Balaban J connectivity index is 3.67. The molecule has 0 saturated carbocycles. The maximum atomic E-state index is 10.2. The summed E-state index contributed by atoms with van der Waals surface area (Å²) in [5.41, 5.74) is 2.36. The minimum atomic E-state index is -1.25. The van der Waals surface area contributed by atoms with Gasteiger partial charge < -0.3 is 9.84 Å². The molecule has 0 aliphatic heterocycles. The molecule has 0 aromatic heterocycles. The van der Waals surface area contributed by atoms with E-state index in [1.807, 2.05) is 6.92 Å². The van der Waals surface area contributed by atoms with E-state index >= 15 is 0 Å². The van der Waals surface area contributed by atoms with Gasteiger partial charge in [-0.15, -0.1) is 0 Å². The lowest BCUT2D eigenvalue weighted by Gasteiger charge is -2.09. The van der Waals surface area contributed by atoms with Crippen molar-refractivity contribution >= 4 is 6.16 Å². The van der Waals surface area contributed by atoms with E-state index < -0.39 is 6.16 Å². The molecule has 0 aliphatic carbocycles. The second kappa shape index (κ2) is 9.75. The first kappa shape index (κ1) is 16.8. The number of allylic oxidation sites excluding steroid dienone is 3. The van der Waals surface area contributed by atoms with E-state index in [0.29, 0.717) is 5.92 Å². The van der Waals surface area contributed by atoms with Crippen molar-refractivity contribution < 1.29 is 14.6 Å². The number of carboxylic acid groups (broad SMARTS) is 1. The normalized spacial score (nSPS) is 13.0. The zero-order valence-electron chi connectivity index (χ0n) is 12.0. The van der Waals surface area contributed by atoms with Gasteiger partial charge in [-0.3, -0.25) is 0 Å². The standard InChI is InChI=1S/C15H26O3/c1-12(2)7-5-8-13(3)9-6-10-14(4)11-18-15(16)17/h7,11,13H,5-6,8-10H2,1-4H3,(H,16,17). The summed E-state index contributed by atoms with van der Waals surface area (Å²) < 4.78 is 4.40. The van der Waals surface area contributed by atoms with Crippen LogP contribution >= 0.6 is 0 Å². The second-order valence-corrected chi connectivity index (χ2v) is 5.20. The van der Waals surface area contributed by atoms with Crippen molar-refractivity contribution in [2.45, 2.75) is 59.8 Å². The van der Waals surface area contributed by atoms with E-state index in [9.17, 15) is 4.79 Å². The number of hydrogen-bond acceptors (Lipinski definition) is 2. The van der Waals surface area contributed by atoms with Gasteiger partial charge in [0, 0.05) is 0 Å². The number of carbonyl (C=O) groups is 1. The van der Waals surface area contributed by atoms with E-state index in [0.717, 1.165) is 24.8 Å². The van der Waals surface area contributed by atoms with E-state index in [2.05, 4.69) is 31.6 Å². The first-order valence-corrected chi connectivity index (χ1v) is 6.60. The van der Waals surface area contributed by atoms with Crippen LogP contribution in [-0.2, 0) is 4.74 Å². The molecule has 1 unspecified atom stereocenters. The lowest BCUT2D eigenvalue weighted by Crippen LogP contribution is -1.96. The van der Waals surface area contributed by atoms with E-state index in [1.165, 1.54) is 24.7 Å². The summed E-state index contributed by atoms with van der Waals surface area (Å²) in [6, 6.07) is 0. The predicted molar refractivity (Wildman–Crippen MR) is 74.5 cm³/mol. The van der Waals surface area contributed by atoms with Crippen LogP contribution in [0.15, 0.2) is 23.5 Å². The molecule has 1 N–H and O–H groups in total. The van der Waals surface area contributed by atoms with Gasteiger partial charge in [0.2, 0.25) is 0 Å². The van der Waals surface area contributed by atoms with Gasteiger partial charge in [-0.2, -0.15) is 0 Å². The van der Waals surface area contributed by atoms with Gasteiger partial charge in [0.15, 0.2) is 0 Å². The summed E-state index contributed by atoms with van der Waals surface area (Å²) in [6.07, 6.45) is 7.90. The van der Waals surface area contributed by atoms with Gasteiger partial charge in [-0.25, -0.2) is 4.79 Å². The molecule has 0 radical (unpaired) electrons. The molecule has 0 aliphatic rings. The van der Waals surface area contributed by atoms with Crippen LogP contribution in [-0.4, -0.2) is 11.3 Å². The molecule has 3 heteroatoms. The van der Waals surface area contributed by atoms with Crippen molar-refractivity contribution in [3.05, 3.63) is 23.5 Å². The van der Waals surface area contributed by atoms with Crippen molar-refractivity contribution in [2.75, 3.05) is 0 Å². The summed E-state index contributed by atoms with van der Waals surface area (Å²) in [6.45, 7) is 8.42. The first-order chi connectivity index (χ1) is 8.41. The topological polar surface area (TPSA) is 46.5 Å². The Morgan fingerprint density at radius 1 is 1.28 bits per heavy atom. The van der Waals surface area contributed by atoms with E-state index in [4.69, 9.17) is 5.11 Å². The number of ether oxygens (including phenoxy) is 1. The average Bonchev–Trinajstić information content (AvgIpc) is 2.25. The summed E-state index contributed by atoms with van der Waals surface area (Å²) in [4.78, 5) is 10.2. The monoisotopic (exact) mass is 254 g/mol. The molecule has 3 nitrogen and oxygen atoms in total. The van der Waals surface area contributed by atoms with Crippen molar-refractivity contribution in [3.8, 4) is 0 Å². The third kappa shape index (κ3) is 11.2. The SMILES string of the molecule is CC(C)=CCCC(C)CCCC(C)=COC(=O)O. The van der Waals surface area contributed by atoms with Crippen LogP contribution in [0.1, 0.15) is 59.8 Å². The fourth-order valence-corrected chi connectivity index (χ4v) is 1.74. The molecule has 0 aromatic carbocycles. The van der Waals surface area contributed by atoms with Gasteiger partial charge in [-0.1, -0.05) is 25.0 Å². The number of hydrogen-bond donors (Lipinski definition) is 1. The maximum absolute atomic E-state index is 10.2. The van der Waals surface area contributed by atoms with Crippen LogP contribution in [0.3, 0.4) is 0 Å². The molecule has 0 fully saturated rings. The van der Waals surface area contributed by atoms with Crippen LogP contribution in [0, 0.1) is 5.92 Å².